The summed E-state index contributed by atoms with van der Waals surface area (Å²) in [4.78, 5) is 2.23. The highest BCUT2D eigenvalue weighted by atomic mass is 79.9. The van der Waals surface area contributed by atoms with Gasteiger partial charge in [-0.2, -0.15) is 5.26 Å². The van der Waals surface area contributed by atoms with Crippen LogP contribution >= 0.6 is 15.9 Å². The fourth-order valence-electron chi connectivity index (χ4n) is 3.14. The second-order valence-corrected chi connectivity index (χ2v) is 7.52. The first-order valence-electron chi connectivity index (χ1n) is 9.39. The molecular weight excluding hydrogens is 408 g/mol. The largest absolute Gasteiger partial charge is 0.280 e. The molecular formula is C25H23BrN2. The highest BCUT2D eigenvalue weighted by Crippen LogP contribution is 2.20. The molecule has 3 aromatic rings. The topological polar surface area (TPSA) is 27.0 Å². The highest BCUT2D eigenvalue weighted by Gasteiger charge is 2.19. The van der Waals surface area contributed by atoms with Crippen molar-refractivity contribution in [2.75, 3.05) is 6.54 Å². The first-order chi connectivity index (χ1) is 13.8. The number of hydrogen-bond acceptors (Lipinski definition) is 2. The predicted octanol–water partition coefficient (Wildman–Crippen LogP) is 6.10. The molecule has 0 heterocycles. The van der Waals surface area contributed by atoms with E-state index in [0.29, 0.717) is 13.0 Å². The Morgan fingerprint density at radius 1 is 0.893 bits per heavy atom. The van der Waals surface area contributed by atoms with Crippen LogP contribution in [0.25, 0.3) is 6.08 Å². The van der Waals surface area contributed by atoms with Crippen molar-refractivity contribution in [2.45, 2.75) is 19.0 Å². The number of hydrogen-bond donors (Lipinski definition) is 0. The van der Waals surface area contributed by atoms with Gasteiger partial charge in [-0.15, -0.1) is 0 Å². The average Bonchev–Trinajstić information content (AvgIpc) is 2.74. The lowest BCUT2D eigenvalue weighted by molar-refractivity contribution is 0.249. The van der Waals surface area contributed by atoms with Gasteiger partial charge in [0.25, 0.3) is 0 Å². The Kier molecular flexibility index (Phi) is 7.61. The molecule has 0 fully saturated rings. The first kappa shape index (κ1) is 20.1. The Morgan fingerprint density at radius 3 is 2.21 bits per heavy atom. The van der Waals surface area contributed by atoms with Gasteiger partial charge in [0.05, 0.1) is 6.07 Å². The summed E-state index contributed by atoms with van der Waals surface area (Å²) in [6, 6.07) is 31.0. The summed E-state index contributed by atoms with van der Waals surface area (Å²) >= 11 is 3.61. The summed E-state index contributed by atoms with van der Waals surface area (Å²) in [5.74, 6) is 0. The van der Waals surface area contributed by atoms with Crippen molar-refractivity contribution < 1.29 is 0 Å². The molecule has 0 amide bonds. The van der Waals surface area contributed by atoms with Crippen LogP contribution in [0.3, 0.4) is 0 Å². The molecule has 0 saturated heterocycles. The monoisotopic (exact) mass is 430 g/mol. The van der Waals surface area contributed by atoms with E-state index >= 15 is 0 Å². The second kappa shape index (κ2) is 10.6. The third-order valence-corrected chi connectivity index (χ3v) is 5.41. The molecule has 3 heteroatoms. The summed E-state index contributed by atoms with van der Waals surface area (Å²) in [5, 5.41) is 9.91. The van der Waals surface area contributed by atoms with Crippen LogP contribution < -0.4 is 0 Å². The summed E-state index contributed by atoms with van der Waals surface area (Å²) in [6.07, 6.45) is 4.94. The van der Waals surface area contributed by atoms with Crippen molar-refractivity contribution in [3.8, 4) is 6.07 Å². The van der Waals surface area contributed by atoms with Crippen LogP contribution in [-0.2, 0) is 13.0 Å². The Balaban J connectivity index is 1.78. The molecule has 3 rings (SSSR count). The van der Waals surface area contributed by atoms with E-state index in [9.17, 15) is 5.26 Å². The van der Waals surface area contributed by atoms with Gasteiger partial charge in [0.15, 0.2) is 0 Å². The molecule has 0 bridgehead atoms. The van der Waals surface area contributed by atoms with E-state index in [1.807, 2.05) is 54.6 Å². The zero-order valence-corrected chi connectivity index (χ0v) is 17.3. The third-order valence-electron chi connectivity index (χ3n) is 4.64. The van der Waals surface area contributed by atoms with E-state index in [0.717, 1.165) is 16.6 Å². The standard InChI is InChI=1S/C25H23BrN2/c26-25-16-8-7-15-23(25)18-24(19-27)28(20-22-12-5-2-6-13-22)17-9-14-21-10-3-1-4-11-21/h1-16,24H,17-18,20H2/b14-9+. The van der Waals surface area contributed by atoms with E-state index < -0.39 is 0 Å². The van der Waals surface area contributed by atoms with Gasteiger partial charge in [-0.25, -0.2) is 0 Å². The molecule has 28 heavy (non-hydrogen) atoms. The van der Waals surface area contributed by atoms with Crippen molar-refractivity contribution in [3.05, 3.63) is 112 Å². The van der Waals surface area contributed by atoms with Crippen molar-refractivity contribution in [3.63, 3.8) is 0 Å². The first-order valence-corrected chi connectivity index (χ1v) is 10.2. The number of rotatable bonds is 8. The van der Waals surface area contributed by atoms with Gasteiger partial charge in [-0.3, -0.25) is 4.90 Å². The number of halogens is 1. The Hall–Kier alpha value is -2.67. The van der Waals surface area contributed by atoms with Crippen LogP contribution in [0.4, 0.5) is 0 Å². The maximum absolute atomic E-state index is 9.91. The zero-order chi connectivity index (χ0) is 19.6. The van der Waals surface area contributed by atoms with Crippen molar-refractivity contribution >= 4 is 22.0 Å². The van der Waals surface area contributed by atoms with Gasteiger partial charge in [-0.1, -0.05) is 107 Å². The van der Waals surface area contributed by atoms with Gasteiger partial charge in [-0.05, 0) is 22.8 Å². The fraction of sp³-hybridized carbons (Fsp3) is 0.160. The second-order valence-electron chi connectivity index (χ2n) is 6.67. The lowest BCUT2D eigenvalue weighted by Gasteiger charge is -2.26. The smallest absolute Gasteiger partial charge is 0.102 e. The van der Waals surface area contributed by atoms with E-state index in [4.69, 9.17) is 0 Å². The third kappa shape index (κ3) is 5.92. The minimum absolute atomic E-state index is 0.209. The molecule has 0 aliphatic carbocycles. The van der Waals surface area contributed by atoms with Gasteiger partial charge < -0.3 is 0 Å². The van der Waals surface area contributed by atoms with Crippen LogP contribution in [0, 0.1) is 11.3 Å². The molecule has 0 N–H and O–H groups in total. The van der Waals surface area contributed by atoms with E-state index in [-0.39, 0.29) is 6.04 Å². The van der Waals surface area contributed by atoms with Gasteiger partial charge in [0.2, 0.25) is 0 Å². The van der Waals surface area contributed by atoms with Crippen molar-refractivity contribution in [1.82, 2.24) is 4.90 Å². The van der Waals surface area contributed by atoms with Crippen molar-refractivity contribution in [1.29, 1.82) is 5.26 Å². The zero-order valence-electron chi connectivity index (χ0n) is 15.7. The van der Waals surface area contributed by atoms with Gasteiger partial charge in [0, 0.05) is 24.0 Å². The Morgan fingerprint density at radius 2 is 1.54 bits per heavy atom. The van der Waals surface area contributed by atoms with Gasteiger partial charge in [0.1, 0.15) is 6.04 Å². The van der Waals surface area contributed by atoms with Crippen LogP contribution in [0.5, 0.6) is 0 Å². The molecule has 0 aliphatic rings. The number of benzene rings is 3. The molecule has 0 spiro atoms. The molecule has 0 radical (unpaired) electrons. The minimum atomic E-state index is -0.209. The predicted molar refractivity (Wildman–Crippen MR) is 120 cm³/mol. The summed E-state index contributed by atoms with van der Waals surface area (Å²) in [7, 11) is 0. The quantitative estimate of drug-likeness (QED) is 0.431. The maximum Gasteiger partial charge on any atom is 0.102 e. The minimum Gasteiger partial charge on any atom is -0.280 e. The summed E-state index contributed by atoms with van der Waals surface area (Å²) in [6.45, 7) is 1.45. The number of nitrogens with zero attached hydrogens (tertiary/aromatic N) is 2. The summed E-state index contributed by atoms with van der Waals surface area (Å²) in [5.41, 5.74) is 3.53. The molecule has 0 aliphatic heterocycles. The van der Waals surface area contributed by atoms with Gasteiger partial charge >= 0.3 is 0 Å². The lowest BCUT2D eigenvalue weighted by atomic mass is 10.0. The summed E-state index contributed by atoms with van der Waals surface area (Å²) < 4.78 is 1.05. The maximum atomic E-state index is 9.91. The molecule has 0 aromatic heterocycles. The van der Waals surface area contributed by atoms with Crippen LogP contribution in [0.1, 0.15) is 16.7 Å². The lowest BCUT2D eigenvalue weighted by Crippen LogP contribution is -2.35. The van der Waals surface area contributed by atoms with E-state index in [2.05, 4.69) is 69.4 Å². The number of nitriles is 1. The van der Waals surface area contributed by atoms with Crippen molar-refractivity contribution in [2.24, 2.45) is 0 Å². The molecule has 0 saturated carbocycles. The Labute approximate surface area is 175 Å². The fourth-order valence-corrected chi connectivity index (χ4v) is 3.58. The van der Waals surface area contributed by atoms with Crippen LogP contribution in [0.15, 0.2) is 95.5 Å². The van der Waals surface area contributed by atoms with E-state index in [1.54, 1.807) is 0 Å². The van der Waals surface area contributed by atoms with E-state index in [1.165, 1.54) is 11.1 Å². The molecule has 1 atom stereocenters. The molecule has 2 nitrogen and oxygen atoms in total. The Bertz CT molecular complexity index is 930. The molecule has 3 aromatic carbocycles. The average molecular weight is 431 g/mol. The van der Waals surface area contributed by atoms with Crippen LogP contribution in [-0.4, -0.2) is 17.5 Å². The normalized spacial score (nSPS) is 12.2. The van der Waals surface area contributed by atoms with Crippen LogP contribution in [0.2, 0.25) is 0 Å². The highest BCUT2D eigenvalue weighted by molar-refractivity contribution is 9.10. The molecule has 140 valence electrons. The SMILES string of the molecule is N#CC(Cc1ccccc1Br)N(C/C=C/c1ccccc1)Cc1ccccc1. The molecule has 1 unspecified atom stereocenters.